The number of rotatable bonds is 9. The highest BCUT2D eigenvalue weighted by molar-refractivity contribution is 5.89. The van der Waals surface area contributed by atoms with Crippen LogP contribution in [0.1, 0.15) is 18.4 Å². The van der Waals surface area contributed by atoms with Crippen LogP contribution in [-0.4, -0.2) is 45.2 Å². The fourth-order valence-corrected chi connectivity index (χ4v) is 1.75. The van der Waals surface area contributed by atoms with E-state index in [0.717, 1.165) is 6.08 Å². The van der Waals surface area contributed by atoms with Crippen LogP contribution >= 0.6 is 0 Å². The number of methoxy groups -OCH3 is 2. The topological polar surface area (TPSA) is 90.9 Å². The lowest BCUT2D eigenvalue weighted by Gasteiger charge is -2.05. The maximum Gasteiger partial charge on any atom is 0.331 e. The van der Waals surface area contributed by atoms with Gasteiger partial charge in [0.1, 0.15) is 0 Å². The minimum absolute atomic E-state index is 0.101. The zero-order valence-electron chi connectivity index (χ0n) is 14.0. The van der Waals surface area contributed by atoms with Crippen molar-refractivity contribution in [3.05, 3.63) is 35.7 Å². The van der Waals surface area contributed by atoms with Crippen LogP contribution < -0.4 is 10.1 Å². The summed E-state index contributed by atoms with van der Waals surface area (Å²) in [6.07, 6.45) is 3.07. The number of carbonyl (C=O) groups is 3. The number of hydrogen-bond donors (Lipinski definition) is 1. The first-order valence-corrected chi connectivity index (χ1v) is 7.48. The largest absolute Gasteiger partial charge is 0.494 e. The molecular weight excluding hydrogens is 333 g/mol. The van der Waals surface area contributed by atoms with E-state index in [1.165, 1.54) is 32.4 Å². The van der Waals surface area contributed by atoms with Crippen molar-refractivity contribution >= 4 is 23.9 Å². The molecule has 1 amide bonds. The number of hydrogen-bond acceptors (Lipinski definition) is 6. The van der Waals surface area contributed by atoms with Crippen LogP contribution in [0.4, 0.5) is 4.39 Å². The molecular formula is C17H20FNO6. The van der Waals surface area contributed by atoms with E-state index < -0.39 is 24.3 Å². The van der Waals surface area contributed by atoms with E-state index >= 15 is 0 Å². The van der Waals surface area contributed by atoms with Crippen molar-refractivity contribution in [1.29, 1.82) is 0 Å². The van der Waals surface area contributed by atoms with Gasteiger partial charge in [-0.25, -0.2) is 9.18 Å². The highest BCUT2D eigenvalue weighted by atomic mass is 19.1. The summed E-state index contributed by atoms with van der Waals surface area (Å²) in [6, 6.07) is 4.21. The molecule has 1 aromatic rings. The lowest BCUT2D eigenvalue weighted by atomic mass is 10.2. The lowest BCUT2D eigenvalue weighted by molar-refractivity contribution is -0.143. The SMILES string of the molecule is COC(=O)CCCNC(=O)COC(=O)/C=C/c1ccc(OC)c(F)c1. The Bertz CT molecular complexity index is 644. The van der Waals surface area contributed by atoms with Gasteiger partial charge in [-0.05, 0) is 30.2 Å². The van der Waals surface area contributed by atoms with Crippen LogP contribution in [0.15, 0.2) is 24.3 Å². The first-order chi connectivity index (χ1) is 12.0. The summed E-state index contributed by atoms with van der Waals surface area (Å²) >= 11 is 0. The Morgan fingerprint density at radius 2 is 2.00 bits per heavy atom. The van der Waals surface area contributed by atoms with Crippen molar-refractivity contribution < 1.29 is 33.0 Å². The lowest BCUT2D eigenvalue weighted by Crippen LogP contribution is -2.29. The fourth-order valence-electron chi connectivity index (χ4n) is 1.75. The number of amides is 1. The molecule has 0 aliphatic heterocycles. The van der Waals surface area contributed by atoms with Crippen molar-refractivity contribution in [1.82, 2.24) is 5.32 Å². The summed E-state index contributed by atoms with van der Waals surface area (Å²) in [7, 11) is 2.64. The minimum Gasteiger partial charge on any atom is -0.494 e. The van der Waals surface area contributed by atoms with Gasteiger partial charge in [0.25, 0.3) is 5.91 Å². The molecule has 0 radical (unpaired) electrons. The number of ether oxygens (including phenoxy) is 3. The average Bonchev–Trinajstić information content (AvgIpc) is 2.61. The molecule has 0 saturated heterocycles. The summed E-state index contributed by atoms with van der Waals surface area (Å²) in [5, 5.41) is 2.50. The third-order valence-corrected chi connectivity index (χ3v) is 3.04. The molecule has 1 aromatic carbocycles. The van der Waals surface area contributed by atoms with Crippen LogP contribution in [-0.2, 0) is 23.9 Å². The molecule has 7 nitrogen and oxygen atoms in total. The molecule has 0 heterocycles. The summed E-state index contributed by atoms with van der Waals surface area (Å²) < 4.78 is 27.5. The molecule has 25 heavy (non-hydrogen) atoms. The van der Waals surface area contributed by atoms with E-state index in [4.69, 9.17) is 9.47 Å². The standard InChI is InChI=1S/C17H20FNO6/c1-23-14-7-5-12(10-13(14)18)6-8-17(22)25-11-15(20)19-9-3-4-16(21)24-2/h5-8,10H,3-4,9,11H2,1-2H3,(H,19,20)/b8-6+. The van der Waals surface area contributed by atoms with E-state index in [1.54, 1.807) is 6.07 Å². The zero-order valence-corrected chi connectivity index (χ0v) is 14.0. The molecule has 136 valence electrons. The Kier molecular flexibility index (Phi) is 8.70. The van der Waals surface area contributed by atoms with Gasteiger partial charge in [0.15, 0.2) is 18.2 Å². The van der Waals surface area contributed by atoms with E-state index in [0.29, 0.717) is 12.0 Å². The predicted octanol–water partition coefficient (Wildman–Crippen LogP) is 1.46. The fraction of sp³-hybridized carbons (Fsp3) is 0.353. The van der Waals surface area contributed by atoms with E-state index in [2.05, 4.69) is 10.1 Å². The molecule has 0 bridgehead atoms. The second-order valence-electron chi connectivity index (χ2n) is 4.86. The number of carbonyl (C=O) groups excluding carboxylic acids is 3. The van der Waals surface area contributed by atoms with Gasteiger partial charge in [-0.3, -0.25) is 9.59 Å². The third-order valence-electron chi connectivity index (χ3n) is 3.04. The highest BCUT2D eigenvalue weighted by Crippen LogP contribution is 2.18. The van der Waals surface area contributed by atoms with Crippen LogP contribution in [0.5, 0.6) is 5.75 Å². The number of esters is 2. The third kappa shape index (κ3) is 7.96. The van der Waals surface area contributed by atoms with Crippen molar-refractivity contribution in [3.63, 3.8) is 0 Å². The average molecular weight is 353 g/mol. The molecule has 0 fully saturated rings. The molecule has 1 N–H and O–H groups in total. The van der Waals surface area contributed by atoms with Crippen molar-refractivity contribution in [3.8, 4) is 5.75 Å². The maximum absolute atomic E-state index is 13.5. The summed E-state index contributed by atoms with van der Waals surface area (Å²) in [5.41, 5.74) is 0.447. The predicted molar refractivity (Wildman–Crippen MR) is 87.2 cm³/mol. The molecule has 0 aliphatic rings. The molecule has 0 aliphatic carbocycles. The Morgan fingerprint density at radius 1 is 1.24 bits per heavy atom. The van der Waals surface area contributed by atoms with Crippen LogP contribution in [0.25, 0.3) is 6.08 Å². The first-order valence-electron chi connectivity index (χ1n) is 7.48. The first kappa shape index (κ1) is 20.1. The van der Waals surface area contributed by atoms with Crippen molar-refractivity contribution in [2.24, 2.45) is 0 Å². The smallest absolute Gasteiger partial charge is 0.331 e. The van der Waals surface area contributed by atoms with Gasteiger partial charge in [0.05, 0.1) is 14.2 Å². The van der Waals surface area contributed by atoms with Gasteiger partial charge >= 0.3 is 11.9 Å². The summed E-state index contributed by atoms with van der Waals surface area (Å²) in [5.74, 6) is -2.03. The molecule has 0 aromatic heterocycles. The number of nitrogens with one attached hydrogen (secondary N) is 1. The Labute approximate surface area is 144 Å². The van der Waals surface area contributed by atoms with Gasteiger partial charge in [-0.2, -0.15) is 0 Å². The van der Waals surface area contributed by atoms with E-state index in [-0.39, 0.29) is 24.7 Å². The second kappa shape index (κ2) is 10.8. The zero-order chi connectivity index (χ0) is 18.7. The Balaban J connectivity index is 2.31. The monoisotopic (exact) mass is 353 g/mol. The van der Waals surface area contributed by atoms with Gasteiger partial charge < -0.3 is 19.5 Å². The quantitative estimate of drug-likeness (QED) is 0.411. The van der Waals surface area contributed by atoms with Gasteiger partial charge in [0, 0.05) is 19.0 Å². The number of halogens is 1. The van der Waals surface area contributed by atoms with Crippen LogP contribution in [0, 0.1) is 5.82 Å². The van der Waals surface area contributed by atoms with Crippen molar-refractivity contribution in [2.45, 2.75) is 12.8 Å². The number of benzene rings is 1. The molecule has 0 spiro atoms. The van der Waals surface area contributed by atoms with Gasteiger partial charge in [-0.1, -0.05) is 6.07 Å². The maximum atomic E-state index is 13.5. The van der Waals surface area contributed by atoms with Crippen molar-refractivity contribution in [2.75, 3.05) is 27.4 Å². The Hall–Kier alpha value is -2.90. The highest BCUT2D eigenvalue weighted by Gasteiger charge is 2.06. The second-order valence-corrected chi connectivity index (χ2v) is 4.86. The van der Waals surface area contributed by atoms with E-state index in [1.807, 2.05) is 0 Å². The van der Waals surface area contributed by atoms with E-state index in [9.17, 15) is 18.8 Å². The molecule has 0 atom stereocenters. The Morgan fingerprint density at radius 3 is 2.64 bits per heavy atom. The van der Waals surface area contributed by atoms with Gasteiger partial charge in [-0.15, -0.1) is 0 Å². The molecule has 8 heteroatoms. The normalized spacial score (nSPS) is 10.4. The summed E-state index contributed by atoms with van der Waals surface area (Å²) in [6.45, 7) is -0.176. The molecule has 0 saturated carbocycles. The van der Waals surface area contributed by atoms with Crippen LogP contribution in [0.2, 0.25) is 0 Å². The summed E-state index contributed by atoms with van der Waals surface area (Å²) in [4.78, 5) is 33.9. The minimum atomic E-state index is -0.735. The van der Waals surface area contributed by atoms with Crippen LogP contribution in [0.3, 0.4) is 0 Å². The molecule has 0 unspecified atom stereocenters. The van der Waals surface area contributed by atoms with Gasteiger partial charge in [0.2, 0.25) is 0 Å². The molecule has 1 rings (SSSR count).